The lowest BCUT2D eigenvalue weighted by Crippen LogP contribution is -2.32. The maximum absolute atomic E-state index is 10.8. The molecule has 96 valence electrons. The molecule has 0 amide bonds. The van der Waals surface area contributed by atoms with Crippen LogP contribution >= 0.6 is 0 Å². The first-order chi connectivity index (χ1) is 8.63. The molecule has 0 fully saturated rings. The number of hydrogen-bond donors (Lipinski definition) is 2. The minimum Gasteiger partial charge on any atom is -0.480 e. The van der Waals surface area contributed by atoms with Crippen LogP contribution in [0.15, 0.2) is 30.5 Å². The molecule has 3 N–H and O–H groups in total. The second-order valence-electron chi connectivity index (χ2n) is 4.51. The van der Waals surface area contributed by atoms with Gasteiger partial charge in [-0.05, 0) is 18.1 Å². The summed E-state index contributed by atoms with van der Waals surface area (Å²) in [5.41, 5.74) is 7.77. The molecule has 1 aromatic heterocycles. The molecule has 1 aromatic carbocycles. The maximum Gasteiger partial charge on any atom is 0.320 e. The van der Waals surface area contributed by atoms with Gasteiger partial charge in [-0.3, -0.25) is 4.79 Å². The van der Waals surface area contributed by atoms with Crippen molar-refractivity contribution in [1.29, 1.82) is 0 Å². The molecule has 0 bridgehead atoms. The Morgan fingerprint density at radius 2 is 2.17 bits per heavy atom. The number of carboxylic acid groups (broad SMARTS) is 1. The van der Waals surface area contributed by atoms with Crippen LogP contribution in [0.4, 0.5) is 0 Å². The van der Waals surface area contributed by atoms with Crippen LogP contribution in [-0.2, 0) is 17.8 Å². The Kier molecular flexibility index (Phi) is 3.67. The van der Waals surface area contributed by atoms with Gasteiger partial charge < -0.3 is 15.4 Å². The van der Waals surface area contributed by atoms with E-state index in [1.807, 2.05) is 24.4 Å². The number of fused-ring (bicyclic) bond motifs is 1. The van der Waals surface area contributed by atoms with Crippen molar-refractivity contribution in [2.24, 2.45) is 5.73 Å². The van der Waals surface area contributed by atoms with E-state index >= 15 is 0 Å². The van der Waals surface area contributed by atoms with Crippen molar-refractivity contribution in [3.8, 4) is 0 Å². The highest BCUT2D eigenvalue weighted by atomic mass is 16.4. The molecule has 0 aliphatic carbocycles. The van der Waals surface area contributed by atoms with Gasteiger partial charge in [0.1, 0.15) is 6.04 Å². The summed E-state index contributed by atoms with van der Waals surface area (Å²) in [7, 11) is 0. The van der Waals surface area contributed by atoms with E-state index in [2.05, 4.69) is 17.6 Å². The van der Waals surface area contributed by atoms with Crippen molar-refractivity contribution in [3.05, 3.63) is 36.0 Å². The molecule has 0 saturated heterocycles. The Morgan fingerprint density at radius 3 is 2.83 bits per heavy atom. The number of aromatic nitrogens is 1. The molecule has 1 unspecified atom stereocenters. The van der Waals surface area contributed by atoms with Gasteiger partial charge in [0.25, 0.3) is 0 Å². The van der Waals surface area contributed by atoms with E-state index in [9.17, 15) is 4.79 Å². The number of nitrogens with two attached hydrogens (primary N) is 1. The molecule has 0 spiro atoms. The van der Waals surface area contributed by atoms with Crippen LogP contribution in [-0.4, -0.2) is 21.7 Å². The van der Waals surface area contributed by atoms with Crippen LogP contribution in [0.2, 0.25) is 0 Å². The lowest BCUT2D eigenvalue weighted by molar-refractivity contribution is -0.138. The summed E-state index contributed by atoms with van der Waals surface area (Å²) in [5.74, 6) is -0.956. The molecule has 0 aliphatic heterocycles. The number of carbonyl (C=O) groups is 1. The van der Waals surface area contributed by atoms with Crippen LogP contribution < -0.4 is 5.73 Å². The fourth-order valence-corrected chi connectivity index (χ4v) is 2.24. The molecular formula is C14H18N2O2. The van der Waals surface area contributed by atoms with E-state index < -0.39 is 12.0 Å². The highest BCUT2D eigenvalue weighted by Gasteiger charge is 2.15. The molecule has 4 nitrogen and oxygen atoms in total. The van der Waals surface area contributed by atoms with E-state index in [0.29, 0.717) is 6.42 Å². The predicted octanol–water partition coefficient (Wildman–Crippen LogP) is 2.01. The third-order valence-corrected chi connectivity index (χ3v) is 3.09. The Balaban J connectivity index is 2.41. The van der Waals surface area contributed by atoms with Crippen molar-refractivity contribution in [3.63, 3.8) is 0 Å². The van der Waals surface area contributed by atoms with Crippen molar-refractivity contribution in [2.45, 2.75) is 32.4 Å². The summed E-state index contributed by atoms with van der Waals surface area (Å²) in [6.07, 6.45) is 3.44. The first-order valence-electron chi connectivity index (χ1n) is 6.18. The summed E-state index contributed by atoms with van der Waals surface area (Å²) in [6, 6.07) is 7.20. The highest BCUT2D eigenvalue weighted by molar-refractivity contribution is 5.85. The van der Waals surface area contributed by atoms with E-state index in [4.69, 9.17) is 10.8 Å². The van der Waals surface area contributed by atoms with Crippen molar-refractivity contribution < 1.29 is 9.90 Å². The zero-order chi connectivity index (χ0) is 13.1. The maximum atomic E-state index is 10.8. The number of nitrogens with zero attached hydrogens (tertiary/aromatic N) is 1. The second kappa shape index (κ2) is 5.23. The zero-order valence-corrected chi connectivity index (χ0v) is 10.5. The second-order valence-corrected chi connectivity index (χ2v) is 4.51. The summed E-state index contributed by atoms with van der Waals surface area (Å²) in [5, 5.41) is 9.99. The van der Waals surface area contributed by atoms with E-state index in [1.54, 1.807) is 0 Å². The average Bonchev–Trinajstić information content (AvgIpc) is 2.69. The van der Waals surface area contributed by atoms with Gasteiger partial charge in [-0.15, -0.1) is 0 Å². The molecular weight excluding hydrogens is 228 g/mol. The number of para-hydroxylation sites is 1. The Hall–Kier alpha value is -1.81. The number of rotatable bonds is 5. The van der Waals surface area contributed by atoms with Crippen molar-refractivity contribution in [2.75, 3.05) is 0 Å². The zero-order valence-electron chi connectivity index (χ0n) is 10.5. The summed E-state index contributed by atoms with van der Waals surface area (Å²) >= 11 is 0. The third kappa shape index (κ3) is 2.38. The normalized spacial score (nSPS) is 12.8. The van der Waals surface area contributed by atoms with Gasteiger partial charge in [-0.2, -0.15) is 0 Å². The highest BCUT2D eigenvalue weighted by Crippen LogP contribution is 2.22. The van der Waals surface area contributed by atoms with Gasteiger partial charge in [0.2, 0.25) is 0 Å². The van der Waals surface area contributed by atoms with Crippen LogP contribution in [0.25, 0.3) is 10.9 Å². The first kappa shape index (κ1) is 12.6. The van der Waals surface area contributed by atoms with E-state index in [0.717, 1.165) is 29.4 Å². The van der Waals surface area contributed by atoms with Gasteiger partial charge in [0.05, 0.1) is 0 Å². The average molecular weight is 246 g/mol. The minimum absolute atomic E-state index is 0.368. The van der Waals surface area contributed by atoms with Crippen LogP contribution in [0, 0.1) is 0 Å². The van der Waals surface area contributed by atoms with Gasteiger partial charge >= 0.3 is 5.97 Å². The molecule has 2 rings (SSSR count). The Labute approximate surface area is 106 Å². The molecule has 0 saturated carbocycles. The van der Waals surface area contributed by atoms with Crippen LogP contribution in [0.3, 0.4) is 0 Å². The van der Waals surface area contributed by atoms with Gasteiger partial charge in [0, 0.05) is 30.1 Å². The fourth-order valence-electron chi connectivity index (χ4n) is 2.24. The Morgan fingerprint density at radius 1 is 1.44 bits per heavy atom. The molecule has 2 aromatic rings. The SMILES string of the molecule is CCCn1cc(CC(N)C(=O)O)c2ccccc21. The molecule has 4 heteroatoms. The minimum atomic E-state index is -0.956. The largest absolute Gasteiger partial charge is 0.480 e. The smallest absolute Gasteiger partial charge is 0.320 e. The summed E-state index contributed by atoms with van der Waals surface area (Å²) in [6.45, 7) is 3.06. The van der Waals surface area contributed by atoms with Gasteiger partial charge in [0.15, 0.2) is 0 Å². The molecule has 1 heterocycles. The third-order valence-electron chi connectivity index (χ3n) is 3.09. The number of hydrogen-bond acceptors (Lipinski definition) is 2. The Bertz CT molecular complexity index is 560. The first-order valence-corrected chi connectivity index (χ1v) is 6.18. The van der Waals surface area contributed by atoms with Crippen LogP contribution in [0.1, 0.15) is 18.9 Å². The topological polar surface area (TPSA) is 68.2 Å². The van der Waals surface area contributed by atoms with E-state index in [-0.39, 0.29) is 0 Å². The number of benzene rings is 1. The molecule has 1 atom stereocenters. The lowest BCUT2D eigenvalue weighted by atomic mass is 10.1. The number of aryl methyl sites for hydroxylation is 1. The standard InChI is InChI=1S/C14H18N2O2/c1-2-7-16-9-10(8-12(15)14(17)18)11-5-3-4-6-13(11)16/h3-6,9,12H,2,7-8,15H2,1H3,(H,17,18). The molecule has 0 aliphatic rings. The quantitative estimate of drug-likeness (QED) is 0.848. The van der Waals surface area contributed by atoms with Crippen LogP contribution in [0.5, 0.6) is 0 Å². The summed E-state index contributed by atoms with van der Waals surface area (Å²) in [4.78, 5) is 10.8. The van der Waals surface area contributed by atoms with Crippen molar-refractivity contribution in [1.82, 2.24) is 4.57 Å². The summed E-state index contributed by atoms with van der Waals surface area (Å²) < 4.78 is 2.17. The van der Waals surface area contributed by atoms with Gasteiger partial charge in [-0.25, -0.2) is 0 Å². The monoisotopic (exact) mass is 246 g/mol. The van der Waals surface area contributed by atoms with Crippen molar-refractivity contribution >= 4 is 16.9 Å². The predicted molar refractivity (Wildman–Crippen MR) is 71.5 cm³/mol. The molecule has 0 radical (unpaired) electrons. The van der Waals surface area contributed by atoms with Gasteiger partial charge in [-0.1, -0.05) is 25.1 Å². The fraction of sp³-hybridized carbons (Fsp3) is 0.357. The molecule has 18 heavy (non-hydrogen) atoms. The number of aliphatic carboxylic acids is 1. The van der Waals surface area contributed by atoms with E-state index in [1.165, 1.54) is 0 Å². The number of carboxylic acids is 1. The lowest BCUT2D eigenvalue weighted by Gasteiger charge is -2.04.